The fourth-order valence-electron chi connectivity index (χ4n) is 7.34. The highest BCUT2D eigenvalue weighted by atomic mass is 16.4. The molecule has 1 saturated heterocycles. The van der Waals surface area contributed by atoms with E-state index in [1.807, 2.05) is 0 Å². The maximum atomic E-state index is 13.4. The number of aryl methyl sites for hydroxylation is 2. The second-order valence-corrected chi connectivity index (χ2v) is 13.7. The number of benzene rings is 1. The Kier molecular flexibility index (Phi) is 13.2. The number of anilines is 1. The van der Waals surface area contributed by atoms with Crippen molar-refractivity contribution in [2.45, 2.75) is 76.8 Å². The number of aromatic nitrogens is 1. The molecule has 1 aromatic heterocycles. The minimum absolute atomic E-state index is 0.195. The topological polar surface area (TPSA) is 182 Å². The Balaban J connectivity index is 1.07. The van der Waals surface area contributed by atoms with Gasteiger partial charge in [-0.25, -0.2) is 9.78 Å². The molecule has 13 heteroatoms. The Morgan fingerprint density at radius 3 is 2.54 bits per heavy atom. The molecule has 3 aliphatic rings. The molecule has 6 N–H and O–H groups in total. The largest absolute Gasteiger partial charge is 0.480 e. The van der Waals surface area contributed by atoms with Crippen LogP contribution in [0.15, 0.2) is 36.4 Å². The predicted molar refractivity (Wildman–Crippen MR) is 188 cm³/mol. The molecule has 1 aromatic carbocycles. The summed E-state index contributed by atoms with van der Waals surface area (Å²) in [6.45, 7) is 3.28. The number of fused-ring (bicyclic) bond motifs is 1. The molecule has 1 aliphatic carbocycles. The van der Waals surface area contributed by atoms with Gasteiger partial charge in [0.25, 0.3) is 5.91 Å². The molecule has 13 nitrogen and oxygen atoms in total. The van der Waals surface area contributed by atoms with Crippen LogP contribution in [0, 0.1) is 17.8 Å². The van der Waals surface area contributed by atoms with Crippen LogP contribution in [0.4, 0.5) is 5.82 Å². The van der Waals surface area contributed by atoms with Gasteiger partial charge in [0.05, 0.1) is 5.92 Å². The van der Waals surface area contributed by atoms with Crippen molar-refractivity contribution >= 4 is 35.4 Å². The fraction of sp³-hybridized carbons (Fsp3) is 0.568. The van der Waals surface area contributed by atoms with Crippen LogP contribution in [0.25, 0.3) is 0 Å². The summed E-state index contributed by atoms with van der Waals surface area (Å²) in [6, 6.07) is 9.90. The highest BCUT2D eigenvalue weighted by molar-refractivity contribution is 5.94. The lowest BCUT2D eigenvalue weighted by Gasteiger charge is -2.32. The third kappa shape index (κ3) is 10.0. The number of likely N-dealkylation sites (tertiary alicyclic amines) is 1. The van der Waals surface area contributed by atoms with Gasteiger partial charge in [-0.2, -0.15) is 0 Å². The summed E-state index contributed by atoms with van der Waals surface area (Å²) >= 11 is 0. The van der Waals surface area contributed by atoms with Gasteiger partial charge in [0, 0.05) is 56.3 Å². The molecule has 2 unspecified atom stereocenters. The van der Waals surface area contributed by atoms with Gasteiger partial charge >= 0.3 is 5.97 Å². The highest BCUT2D eigenvalue weighted by Gasteiger charge is 2.37. The lowest BCUT2D eigenvalue weighted by Crippen LogP contribution is -2.53. The Hall–Kier alpha value is -4.52. The zero-order valence-electron chi connectivity index (χ0n) is 29.0. The van der Waals surface area contributed by atoms with Gasteiger partial charge in [0.1, 0.15) is 11.9 Å². The van der Waals surface area contributed by atoms with Crippen LogP contribution in [-0.2, 0) is 38.6 Å². The standard InChI is InChI=1S/C37H51N7O6/c1-38-33(45)26-9-4-8-24(20-26)21-40-35(47)29-13-2-3-14-30(29)36(48)43-31(37(49)50)22-41-34(46)27-11-6-18-44(23-27)19-7-12-28-16-15-25-10-5-17-39-32(25)42-28/h4,8-9,15-16,20,27,29-31H,2-3,5-7,10-14,17-19,21-23H2,1H3,(H,38,45)(H,39,42)(H,40,47)(H,41,46)(H,43,48)(H,49,50)/t27?,29-,30-,31?/m1/s1. The minimum Gasteiger partial charge on any atom is -0.480 e. The van der Waals surface area contributed by atoms with Crippen molar-refractivity contribution in [3.05, 3.63) is 58.8 Å². The first-order valence-electron chi connectivity index (χ1n) is 18.1. The number of rotatable bonds is 14. The van der Waals surface area contributed by atoms with E-state index in [1.165, 1.54) is 5.56 Å². The third-order valence-electron chi connectivity index (χ3n) is 10.2. The molecule has 2 aromatic rings. The van der Waals surface area contributed by atoms with Gasteiger partial charge in [-0.3, -0.25) is 19.2 Å². The second-order valence-electron chi connectivity index (χ2n) is 13.7. The third-order valence-corrected chi connectivity index (χ3v) is 10.2. The Labute approximate surface area is 293 Å². The molecule has 4 atom stereocenters. The Morgan fingerprint density at radius 1 is 0.960 bits per heavy atom. The maximum Gasteiger partial charge on any atom is 0.328 e. The van der Waals surface area contributed by atoms with E-state index in [4.69, 9.17) is 4.98 Å². The zero-order chi connectivity index (χ0) is 35.5. The van der Waals surface area contributed by atoms with Gasteiger partial charge in [-0.05, 0) is 93.8 Å². The molecular weight excluding hydrogens is 638 g/mol. The average Bonchev–Trinajstić information content (AvgIpc) is 3.15. The average molecular weight is 690 g/mol. The SMILES string of the molecule is CNC(=O)c1cccc(CNC(=O)[C@@H]2CCCC[C@H]2C(=O)NC(CNC(=O)C2CCCN(CCCc3ccc4c(n3)NCCC4)C2)C(=O)O)c1. The lowest BCUT2D eigenvalue weighted by atomic mass is 9.78. The van der Waals surface area contributed by atoms with Crippen LogP contribution in [0.3, 0.4) is 0 Å². The number of carbonyl (C=O) groups excluding carboxylic acids is 4. The van der Waals surface area contributed by atoms with E-state index in [0.717, 1.165) is 88.1 Å². The summed E-state index contributed by atoms with van der Waals surface area (Å²) in [5.41, 5.74) is 3.57. The van der Waals surface area contributed by atoms with E-state index >= 15 is 0 Å². The molecule has 270 valence electrons. The van der Waals surface area contributed by atoms with Crippen LogP contribution in [-0.4, -0.2) is 90.4 Å². The van der Waals surface area contributed by atoms with Crippen molar-refractivity contribution in [3.8, 4) is 0 Å². The van der Waals surface area contributed by atoms with Crippen molar-refractivity contribution in [2.75, 3.05) is 45.1 Å². The normalized spacial score (nSPS) is 21.1. The number of carboxylic acids is 1. The first-order chi connectivity index (χ1) is 24.2. The first kappa shape index (κ1) is 36.8. The van der Waals surface area contributed by atoms with Crippen molar-refractivity contribution in [1.82, 2.24) is 31.2 Å². The van der Waals surface area contributed by atoms with Gasteiger partial charge in [0.15, 0.2) is 0 Å². The minimum atomic E-state index is -1.32. The van der Waals surface area contributed by atoms with Gasteiger partial charge in [0.2, 0.25) is 17.7 Å². The van der Waals surface area contributed by atoms with Gasteiger partial charge in [-0.1, -0.05) is 31.0 Å². The molecule has 4 amide bonds. The summed E-state index contributed by atoms with van der Waals surface area (Å²) in [5, 5.41) is 24.1. The van der Waals surface area contributed by atoms with E-state index in [1.54, 1.807) is 31.3 Å². The van der Waals surface area contributed by atoms with Crippen molar-refractivity contribution in [1.29, 1.82) is 0 Å². The lowest BCUT2D eigenvalue weighted by molar-refractivity contribution is -0.144. The van der Waals surface area contributed by atoms with Crippen molar-refractivity contribution < 1.29 is 29.1 Å². The summed E-state index contributed by atoms with van der Waals surface area (Å²) in [5.74, 6) is -3.02. The van der Waals surface area contributed by atoms with Crippen molar-refractivity contribution in [2.24, 2.45) is 17.8 Å². The number of hydrogen-bond acceptors (Lipinski definition) is 8. The number of pyridine rings is 1. The number of nitrogens with one attached hydrogen (secondary N) is 5. The first-order valence-corrected chi connectivity index (χ1v) is 18.1. The highest BCUT2D eigenvalue weighted by Crippen LogP contribution is 2.31. The molecule has 0 radical (unpaired) electrons. The van der Waals surface area contributed by atoms with Crippen LogP contribution < -0.4 is 26.6 Å². The number of amides is 4. The Bertz CT molecular complexity index is 1530. The van der Waals surface area contributed by atoms with E-state index in [0.29, 0.717) is 24.9 Å². The molecule has 50 heavy (non-hydrogen) atoms. The molecule has 2 aliphatic heterocycles. The molecule has 5 rings (SSSR count). The number of carbonyl (C=O) groups is 5. The maximum absolute atomic E-state index is 13.4. The second kappa shape index (κ2) is 17.9. The molecule has 0 bridgehead atoms. The number of piperidine rings is 1. The number of carboxylic acid groups (broad SMARTS) is 1. The number of hydrogen-bond donors (Lipinski definition) is 6. The summed E-state index contributed by atoms with van der Waals surface area (Å²) in [6.07, 6.45) is 8.09. The fourth-order valence-corrected chi connectivity index (χ4v) is 7.34. The van der Waals surface area contributed by atoms with Gasteiger partial charge < -0.3 is 36.6 Å². The monoisotopic (exact) mass is 689 g/mol. The van der Waals surface area contributed by atoms with E-state index in [-0.39, 0.29) is 36.7 Å². The number of aliphatic carboxylic acids is 1. The molecule has 2 fully saturated rings. The van der Waals surface area contributed by atoms with Crippen LogP contribution in [0.2, 0.25) is 0 Å². The van der Waals surface area contributed by atoms with Crippen molar-refractivity contribution in [3.63, 3.8) is 0 Å². The van der Waals surface area contributed by atoms with E-state index in [9.17, 15) is 29.1 Å². The summed E-state index contributed by atoms with van der Waals surface area (Å²) in [4.78, 5) is 71.0. The van der Waals surface area contributed by atoms with Crippen LogP contribution in [0.5, 0.6) is 0 Å². The van der Waals surface area contributed by atoms with Crippen LogP contribution >= 0.6 is 0 Å². The number of nitrogens with zero attached hydrogens (tertiary/aromatic N) is 2. The van der Waals surface area contributed by atoms with E-state index < -0.39 is 29.8 Å². The predicted octanol–water partition coefficient (Wildman–Crippen LogP) is 2.25. The summed E-state index contributed by atoms with van der Waals surface area (Å²) < 4.78 is 0. The van der Waals surface area contributed by atoms with E-state index in [2.05, 4.69) is 43.6 Å². The Morgan fingerprint density at radius 2 is 1.76 bits per heavy atom. The van der Waals surface area contributed by atoms with Crippen LogP contribution in [0.1, 0.15) is 78.5 Å². The molecule has 0 spiro atoms. The molecular formula is C37H51N7O6. The molecule has 1 saturated carbocycles. The zero-order valence-corrected chi connectivity index (χ0v) is 29.0. The molecule has 3 heterocycles. The quantitative estimate of drug-likeness (QED) is 0.173. The smallest absolute Gasteiger partial charge is 0.328 e. The summed E-state index contributed by atoms with van der Waals surface area (Å²) in [7, 11) is 1.55. The van der Waals surface area contributed by atoms with Gasteiger partial charge in [-0.15, -0.1) is 0 Å².